The summed E-state index contributed by atoms with van der Waals surface area (Å²) >= 11 is 5.95. The fraction of sp³-hybridized carbons (Fsp3) is 0.0769. The number of aromatic hydroxyl groups is 1. The van der Waals surface area contributed by atoms with Crippen LogP contribution in [0.2, 0.25) is 5.02 Å². The molecule has 0 aliphatic heterocycles. The molecule has 3 aromatic carbocycles. The fourth-order valence-electron chi connectivity index (χ4n) is 3.53. The van der Waals surface area contributed by atoms with E-state index in [1.807, 2.05) is 0 Å². The smallest absolute Gasteiger partial charge is 0.251 e. The number of phenolic OH excluding ortho intramolecular Hbond substituents is 1. The fourth-order valence-corrected chi connectivity index (χ4v) is 3.72. The van der Waals surface area contributed by atoms with Crippen LogP contribution >= 0.6 is 11.6 Å². The average molecular weight is 492 g/mol. The van der Waals surface area contributed by atoms with Crippen LogP contribution in [0.3, 0.4) is 0 Å². The number of hydrogen-bond donors (Lipinski definition) is 5. The quantitative estimate of drug-likeness (QED) is 0.174. The van der Waals surface area contributed by atoms with E-state index < -0.39 is 6.67 Å². The van der Waals surface area contributed by atoms with Gasteiger partial charge in [-0.2, -0.15) is 0 Å². The lowest BCUT2D eigenvalue weighted by molar-refractivity contribution is 0.0951. The van der Waals surface area contributed by atoms with Gasteiger partial charge < -0.3 is 27.2 Å². The summed E-state index contributed by atoms with van der Waals surface area (Å²) in [4.78, 5) is 16.8. The van der Waals surface area contributed by atoms with Crippen molar-refractivity contribution < 1.29 is 14.3 Å². The highest BCUT2D eigenvalue weighted by molar-refractivity contribution is 6.30. The number of aromatic nitrogens is 1. The van der Waals surface area contributed by atoms with E-state index in [1.165, 1.54) is 6.07 Å². The van der Waals surface area contributed by atoms with E-state index in [2.05, 4.69) is 15.6 Å². The van der Waals surface area contributed by atoms with Gasteiger partial charge in [-0.3, -0.25) is 4.79 Å². The molecule has 1 heterocycles. The summed E-state index contributed by atoms with van der Waals surface area (Å²) in [5.41, 5.74) is 15.9. The molecule has 7 N–H and O–H groups in total. The van der Waals surface area contributed by atoms with Gasteiger partial charge >= 0.3 is 0 Å². The Morgan fingerprint density at radius 2 is 1.83 bits per heavy atom. The first kappa shape index (κ1) is 23.8. The third kappa shape index (κ3) is 5.62. The van der Waals surface area contributed by atoms with E-state index in [-0.39, 0.29) is 24.0 Å². The lowest BCUT2D eigenvalue weighted by Gasteiger charge is -2.14. The summed E-state index contributed by atoms with van der Waals surface area (Å²) in [5, 5.41) is 16.8. The van der Waals surface area contributed by atoms with Crippen molar-refractivity contribution in [2.24, 2.45) is 0 Å². The summed E-state index contributed by atoms with van der Waals surface area (Å²) in [6.07, 6.45) is 0. The van der Waals surface area contributed by atoms with Crippen LogP contribution in [0.15, 0.2) is 72.8 Å². The van der Waals surface area contributed by atoms with Gasteiger partial charge in [-0.05, 0) is 60.7 Å². The van der Waals surface area contributed by atoms with Gasteiger partial charge in [0, 0.05) is 50.9 Å². The summed E-state index contributed by atoms with van der Waals surface area (Å²) in [7, 11) is 0. The number of hydrogen-bond acceptors (Lipinski definition) is 6. The van der Waals surface area contributed by atoms with Crippen molar-refractivity contribution in [1.29, 1.82) is 0 Å². The van der Waals surface area contributed by atoms with Gasteiger partial charge in [-0.1, -0.05) is 23.7 Å². The third-order valence-corrected chi connectivity index (χ3v) is 5.60. The van der Waals surface area contributed by atoms with Gasteiger partial charge in [-0.25, -0.2) is 9.37 Å². The van der Waals surface area contributed by atoms with Crippen LogP contribution in [0.5, 0.6) is 5.75 Å². The number of phenols is 1. The number of rotatable bonds is 7. The molecule has 0 fully saturated rings. The molecule has 0 aliphatic carbocycles. The summed E-state index contributed by atoms with van der Waals surface area (Å²) in [5.74, 6) is -0.0652. The molecular weight excluding hydrogens is 469 g/mol. The number of nitrogens with two attached hydrogens (primary N) is 2. The van der Waals surface area contributed by atoms with Crippen molar-refractivity contribution in [1.82, 2.24) is 10.3 Å². The first-order chi connectivity index (χ1) is 16.8. The number of carbonyl (C=O) groups excluding carboxylic acids is 1. The zero-order valence-corrected chi connectivity index (χ0v) is 19.3. The largest absolute Gasteiger partial charge is 0.507 e. The normalized spacial score (nSPS) is 10.7. The molecule has 0 atom stereocenters. The number of benzene rings is 3. The van der Waals surface area contributed by atoms with Crippen LogP contribution in [-0.2, 0) is 13.2 Å². The summed E-state index contributed by atoms with van der Waals surface area (Å²) < 4.78 is 13.4. The van der Waals surface area contributed by atoms with Crippen molar-refractivity contribution in [3.63, 3.8) is 0 Å². The number of anilines is 4. The standard InChI is InChI=1S/C26H23ClFN5O2/c27-18-5-8-22(17(10-18)13-28)32-20-6-9-24(34)21(12-20)23-7-4-16(25(30)33-23)14-31-26(35)15-2-1-3-19(29)11-15/h1-12,32,34H,13-14,29H2,(H2,30,33)(H,31,35). The number of carbonyl (C=O) groups is 1. The minimum Gasteiger partial charge on any atom is -0.507 e. The first-order valence-electron chi connectivity index (χ1n) is 10.7. The van der Waals surface area contributed by atoms with Crippen LogP contribution < -0.4 is 22.1 Å². The van der Waals surface area contributed by atoms with Gasteiger partial charge in [0.05, 0.1) is 5.69 Å². The molecule has 0 bridgehead atoms. The van der Waals surface area contributed by atoms with Gasteiger partial charge in [0.15, 0.2) is 0 Å². The van der Waals surface area contributed by atoms with Crippen LogP contribution in [0.25, 0.3) is 11.3 Å². The van der Waals surface area contributed by atoms with Crippen molar-refractivity contribution >= 4 is 40.4 Å². The molecule has 4 aromatic rings. The summed E-state index contributed by atoms with van der Waals surface area (Å²) in [6.45, 7) is -0.509. The lowest BCUT2D eigenvalue weighted by atomic mass is 10.1. The molecule has 1 aromatic heterocycles. The number of nitrogens with one attached hydrogen (secondary N) is 2. The third-order valence-electron chi connectivity index (χ3n) is 5.36. The average Bonchev–Trinajstić information content (AvgIpc) is 2.85. The number of pyridine rings is 1. The van der Waals surface area contributed by atoms with Crippen LogP contribution in [0.1, 0.15) is 21.5 Å². The van der Waals surface area contributed by atoms with E-state index >= 15 is 0 Å². The van der Waals surface area contributed by atoms with Gasteiger partial charge in [0.2, 0.25) is 0 Å². The monoisotopic (exact) mass is 491 g/mol. The van der Waals surface area contributed by atoms with Crippen LogP contribution in [0, 0.1) is 0 Å². The molecule has 9 heteroatoms. The topological polar surface area (TPSA) is 126 Å². The van der Waals surface area contributed by atoms with E-state index in [0.29, 0.717) is 50.0 Å². The Labute approximate surface area is 206 Å². The second kappa shape index (κ2) is 10.3. The van der Waals surface area contributed by atoms with E-state index in [9.17, 15) is 14.3 Å². The maximum absolute atomic E-state index is 13.4. The Bertz CT molecular complexity index is 1400. The lowest BCUT2D eigenvalue weighted by Crippen LogP contribution is -2.23. The Morgan fingerprint density at radius 3 is 2.57 bits per heavy atom. The minimum atomic E-state index is -0.679. The van der Waals surface area contributed by atoms with E-state index in [0.717, 1.165) is 0 Å². The molecule has 7 nitrogen and oxygen atoms in total. The minimum absolute atomic E-state index is 0.00647. The Morgan fingerprint density at radius 1 is 1.00 bits per heavy atom. The summed E-state index contributed by atoms with van der Waals surface area (Å²) in [6, 6.07) is 19.9. The van der Waals surface area contributed by atoms with Crippen LogP contribution in [0.4, 0.5) is 27.3 Å². The van der Waals surface area contributed by atoms with Crippen LogP contribution in [-0.4, -0.2) is 16.0 Å². The van der Waals surface area contributed by atoms with Crippen molar-refractivity contribution in [2.75, 3.05) is 16.8 Å². The maximum atomic E-state index is 13.4. The predicted octanol–water partition coefficient (Wildman–Crippen LogP) is 5.42. The second-order valence-electron chi connectivity index (χ2n) is 7.84. The molecule has 0 radical (unpaired) electrons. The first-order valence-corrected chi connectivity index (χ1v) is 11.1. The Hall–Kier alpha value is -4.30. The van der Waals surface area contributed by atoms with E-state index in [4.69, 9.17) is 23.1 Å². The van der Waals surface area contributed by atoms with Gasteiger partial charge in [0.1, 0.15) is 18.2 Å². The number of nitrogen functional groups attached to an aromatic ring is 2. The molecule has 178 valence electrons. The molecule has 0 aliphatic rings. The Balaban J connectivity index is 1.52. The number of nitrogens with zero attached hydrogens (tertiary/aromatic N) is 1. The number of alkyl halides is 1. The molecule has 0 unspecified atom stereocenters. The highest BCUT2D eigenvalue weighted by atomic mass is 35.5. The maximum Gasteiger partial charge on any atom is 0.251 e. The SMILES string of the molecule is Nc1cccc(C(=O)NCc2ccc(-c3cc(Nc4ccc(Cl)cc4CF)ccc3O)nc2N)c1. The molecule has 0 saturated carbocycles. The molecule has 0 spiro atoms. The number of halogens is 2. The second-order valence-corrected chi connectivity index (χ2v) is 8.28. The predicted molar refractivity (Wildman–Crippen MR) is 137 cm³/mol. The highest BCUT2D eigenvalue weighted by Crippen LogP contribution is 2.33. The Kier molecular flexibility index (Phi) is 7.03. The van der Waals surface area contributed by atoms with E-state index in [1.54, 1.807) is 66.7 Å². The molecule has 4 rings (SSSR count). The molecule has 0 saturated heterocycles. The highest BCUT2D eigenvalue weighted by Gasteiger charge is 2.12. The molecular formula is C26H23ClFN5O2. The zero-order chi connectivity index (χ0) is 24.9. The van der Waals surface area contributed by atoms with Crippen molar-refractivity contribution in [3.8, 4) is 17.0 Å². The number of amides is 1. The molecule has 1 amide bonds. The van der Waals surface area contributed by atoms with Crippen molar-refractivity contribution in [3.05, 3.63) is 94.5 Å². The van der Waals surface area contributed by atoms with Crippen molar-refractivity contribution in [2.45, 2.75) is 13.2 Å². The zero-order valence-electron chi connectivity index (χ0n) is 18.6. The van der Waals surface area contributed by atoms with Gasteiger partial charge in [0.25, 0.3) is 5.91 Å². The molecule has 35 heavy (non-hydrogen) atoms. The van der Waals surface area contributed by atoms with Gasteiger partial charge in [-0.15, -0.1) is 0 Å².